The van der Waals surface area contributed by atoms with Gasteiger partial charge in [0.25, 0.3) is 0 Å². The highest BCUT2D eigenvalue weighted by Gasteiger charge is 2.11. The Morgan fingerprint density at radius 1 is 0.846 bits per heavy atom. The molecule has 0 saturated carbocycles. The van der Waals surface area contributed by atoms with E-state index < -0.39 is 11.8 Å². The third-order valence-corrected chi connectivity index (χ3v) is 5.51. The van der Waals surface area contributed by atoms with Gasteiger partial charge in [-0.1, -0.05) is 0 Å². The van der Waals surface area contributed by atoms with Crippen molar-refractivity contribution >= 4 is 17.4 Å². The Labute approximate surface area is 222 Å². The maximum atomic E-state index is 14.8. The van der Waals surface area contributed by atoms with Crippen LogP contribution >= 0.6 is 0 Å². The summed E-state index contributed by atoms with van der Waals surface area (Å²) in [5.41, 5.74) is 2.97. The molecule has 0 spiro atoms. The maximum absolute atomic E-state index is 14.8. The Kier molecular flexibility index (Phi) is 7.17. The number of halogens is 2. The molecular formula is C29H23F2N5O3. The van der Waals surface area contributed by atoms with Crippen LogP contribution in [-0.2, 0) is 7.05 Å². The van der Waals surface area contributed by atoms with Crippen molar-refractivity contribution in [1.82, 2.24) is 14.8 Å². The molecule has 5 aromatic rings. The van der Waals surface area contributed by atoms with Crippen LogP contribution in [0.4, 0.5) is 25.0 Å². The fourth-order valence-corrected chi connectivity index (χ4v) is 3.79. The highest BCUT2D eigenvalue weighted by Crippen LogP contribution is 2.30. The predicted molar refractivity (Wildman–Crippen MR) is 143 cm³/mol. The van der Waals surface area contributed by atoms with Crippen molar-refractivity contribution in [3.8, 4) is 34.3 Å². The Bertz CT molecular complexity index is 1640. The van der Waals surface area contributed by atoms with Crippen molar-refractivity contribution in [2.24, 2.45) is 7.05 Å². The van der Waals surface area contributed by atoms with Gasteiger partial charge in [0.05, 0.1) is 11.9 Å². The average Bonchev–Trinajstić information content (AvgIpc) is 3.33. The molecule has 3 aromatic carbocycles. The number of nitrogens with one attached hydrogen (secondary N) is 2. The van der Waals surface area contributed by atoms with Gasteiger partial charge in [0.2, 0.25) is 0 Å². The molecule has 0 aliphatic heterocycles. The summed E-state index contributed by atoms with van der Waals surface area (Å²) >= 11 is 0. The summed E-state index contributed by atoms with van der Waals surface area (Å²) in [5.74, 6) is 0.291. The van der Waals surface area contributed by atoms with E-state index in [1.165, 1.54) is 36.4 Å². The number of rotatable bonds is 7. The third-order valence-electron chi connectivity index (χ3n) is 5.51. The molecule has 0 bridgehead atoms. The van der Waals surface area contributed by atoms with Gasteiger partial charge in [0.1, 0.15) is 23.1 Å². The first-order valence-electron chi connectivity index (χ1n) is 11.9. The molecule has 2 amide bonds. The Morgan fingerprint density at radius 2 is 1.64 bits per heavy atom. The molecule has 2 aromatic heterocycles. The van der Waals surface area contributed by atoms with Crippen molar-refractivity contribution in [3.63, 3.8) is 0 Å². The summed E-state index contributed by atoms with van der Waals surface area (Å²) in [6, 6.07) is 17.6. The smallest absolute Gasteiger partial charge is 0.323 e. The first-order valence-corrected chi connectivity index (χ1v) is 11.9. The van der Waals surface area contributed by atoms with Crippen molar-refractivity contribution in [1.29, 1.82) is 0 Å². The summed E-state index contributed by atoms with van der Waals surface area (Å²) in [7, 11) is 1.80. The Morgan fingerprint density at radius 3 is 2.38 bits per heavy atom. The van der Waals surface area contributed by atoms with Gasteiger partial charge >= 0.3 is 6.03 Å². The number of hydrogen-bond donors (Lipinski definition) is 2. The molecule has 0 aliphatic rings. The topological polar surface area (TPSA) is 90.3 Å². The quantitative estimate of drug-likeness (QED) is 0.232. The number of urea groups is 1. The molecular weight excluding hydrogens is 504 g/mol. The summed E-state index contributed by atoms with van der Waals surface area (Å²) in [6.07, 6.45) is 5.06. The van der Waals surface area contributed by atoms with Gasteiger partial charge in [-0.25, -0.2) is 13.6 Å². The summed E-state index contributed by atoms with van der Waals surface area (Å²) < 4.78 is 41.1. The molecule has 0 radical (unpaired) electrons. The highest BCUT2D eigenvalue weighted by molar-refractivity contribution is 6.00. The summed E-state index contributed by atoms with van der Waals surface area (Å²) in [4.78, 5) is 16.9. The van der Waals surface area contributed by atoms with Crippen LogP contribution < -0.4 is 20.1 Å². The number of carbonyl (C=O) groups is 1. The minimum Gasteiger partial charge on any atom is -0.457 e. The minimum atomic E-state index is -0.655. The van der Waals surface area contributed by atoms with Gasteiger partial charge in [0, 0.05) is 54.6 Å². The molecule has 39 heavy (non-hydrogen) atoms. The van der Waals surface area contributed by atoms with E-state index in [4.69, 9.17) is 9.47 Å². The first kappa shape index (κ1) is 25.4. The van der Waals surface area contributed by atoms with E-state index in [-0.39, 0.29) is 17.3 Å². The zero-order chi connectivity index (χ0) is 27.4. The number of aromatic nitrogens is 3. The fraction of sp³-hybridized carbons (Fsp3) is 0.0690. The predicted octanol–water partition coefficient (Wildman–Crippen LogP) is 7.30. The highest BCUT2D eigenvalue weighted by atomic mass is 19.1. The number of aryl methyl sites for hydroxylation is 2. The molecule has 8 nitrogen and oxygen atoms in total. The van der Waals surface area contributed by atoms with Crippen LogP contribution in [0.1, 0.15) is 5.56 Å². The molecule has 0 atom stereocenters. The summed E-state index contributed by atoms with van der Waals surface area (Å²) in [6.45, 7) is 1.84. The van der Waals surface area contributed by atoms with Gasteiger partial charge in [-0.3, -0.25) is 9.67 Å². The van der Waals surface area contributed by atoms with Crippen LogP contribution in [-0.4, -0.2) is 20.8 Å². The molecule has 10 heteroatoms. The molecule has 2 N–H and O–H groups in total. The standard InChI is InChI=1S/C29H23F2N5O3/c1-18-11-22(13-25(12-18)38-23-6-3-20(30)4-7-23)35-29(37)34-21-5-8-28(26(31)14-21)39-24-9-10-32-27(15-24)19-16-33-36(2)17-19/h3-17H,1-2H3,(H2,34,35,37). The van der Waals surface area contributed by atoms with Crippen LogP contribution in [0, 0.1) is 18.6 Å². The third kappa shape index (κ3) is 6.55. The molecule has 5 rings (SSSR count). The van der Waals surface area contributed by atoms with Crippen LogP contribution in [0.3, 0.4) is 0 Å². The normalized spacial score (nSPS) is 10.7. The zero-order valence-corrected chi connectivity index (χ0v) is 21.0. The van der Waals surface area contributed by atoms with E-state index in [1.807, 2.05) is 13.1 Å². The van der Waals surface area contributed by atoms with E-state index in [0.717, 1.165) is 17.2 Å². The maximum Gasteiger partial charge on any atom is 0.323 e. The number of benzene rings is 3. The van der Waals surface area contributed by atoms with Gasteiger partial charge in [-0.05, 0) is 67.1 Å². The lowest BCUT2D eigenvalue weighted by Gasteiger charge is -2.12. The lowest BCUT2D eigenvalue weighted by atomic mass is 10.2. The van der Waals surface area contributed by atoms with Crippen LogP contribution in [0.15, 0.2) is 91.4 Å². The van der Waals surface area contributed by atoms with E-state index in [2.05, 4.69) is 20.7 Å². The number of ether oxygens (including phenoxy) is 2. The van der Waals surface area contributed by atoms with Crippen molar-refractivity contribution < 1.29 is 23.0 Å². The lowest BCUT2D eigenvalue weighted by Crippen LogP contribution is -2.19. The Balaban J connectivity index is 1.23. The fourth-order valence-electron chi connectivity index (χ4n) is 3.79. The first-order chi connectivity index (χ1) is 18.8. The number of pyridine rings is 1. The van der Waals surface area contributed by atoms with E-state index in [0.29, 0.717) is 28.6 Å². The van der Waals surface area contributed by atoms with Gasteiger partial charge in [0.15, 0.2) is 11.6 Å². The second-order valence-electron chi connectivity index (χ2n) is 8.70. The number of hydrogen-bond acceptors (Lipinski definition) is 5. The van der Waals surface area contributed by atoms with Crippen LogP contribution in [0.2, 0.25) is 0 Å². The largest absolute Gasteiger partial charge is 0.457 e. The molecule has 0 fully saturated rings. The van der Waals surface area contributed by atoms with E-state index in [9.17, 15) is 13.6 Å². The Hall–Kier alpha value is -5.25. The lowest BCUT2D eigenvalue weighted by molar-refractivity contribution is 0.262. The molecule has 0 saturated heterocycles. The van der Waals surface area contributed by atoms with Crippen molar-refractivity contribution in [3.05, 3.63) is 109 Å². The molecule has 196 valence electrons. The SMILES string of the molecule is Cc1cc(NC(=O)Nc2ccc(Oc3ccnc(-c4cnn(C)c4)c3)c(F)c2)cc(Oc2ccc(F)cc2)c1. The molecule has 0 unspecified atom stereocenters. The molecule has 2 heterocycles. The second kappa shape index (κ2) is 11.0. The zero-order valence-electron chi connectivity index (χ0n) is 21.0. The van der Waals surface area contributed by atoms with Crippen LogP contribution in [0.5, 0.6) is 23.0 Å². The second-order valence-corrected chi connectivity index (χ2v) is 8.70. The van der Waals surface area contributed by atoms with Crippen molar-refractivity contribution in [2.75, 3.05) is 10.6 Å². The molecule has 0 aliphatic carbocycles. The van der Waals surface area contributed by atoms with Gasteiger partial charge in [-0.2, -0.15) is 5.10 Å². The number of amides is 2. The van der Waals surface area contributed by atoms with Gasteiger partial charge in [-0.15, -0.1) is 0 Å². The van der Waals surface area contributed by atoms with Crippen molar-refractivity contribution in [2.45, 2.75) is 6.92 Å². The number of anilines is 2. The van der Waals surface area contributed by atoms with Crippen LogP contribution in [0.25, 0.3) is 11.3 Å². The average molecular weight is 528 g/mol. The summed E-state index contributed by atoms with van der Waals surface area (Å²) in [5, 5.41) is 9.44. The van der Waals surface area contributed by atoms with E-state index >= 15 is 0 Å². The van der Waals surface area contributed by atoms with E-state index in [1.54, 1.807) is 54.5 Å². The number of nitrogens with zero attached hydrogens (tertiary/aromatic N) is 3. The monoisotopic (exact) mass is 527 g/mol. The van der Waals surface area contributed by atoms with Gasteiger partial charge < -0.3 is 20.1 Å². The minimum absolute atomic E-state index is 0.00874. The number of carbonyl (C=O) groups excluding carboxylic acids is 1.